The fourth-order valence-corrected chi connectivity index (χ4v) is 1.14. The first-order valence-electron chi connectivity index (χ1n) is 4.82. The van der Waals surface area contributed by atoms with Crippen molar-refractivity contribution in [1.82, 2.24) is 4.57 Å². The van der Waals surface area contributed by atoms with Crippen LogP contribution in [0.5, 0.6) is 0 Å². The Morgan fingerprint density at radius 2 is 2.29 bits per heavy atom. The van der Waals surface area contributed by atoms with Gasteiger partial charge in [-0.05, 0) is 12.0 Å². The van der Waals surface area contributed by atoms with Crippen LogP contribution in [-0.2, 0) is 11.8 Å². The maximum Gasteiger partial charge on any atom is 0.189 e. The fraction of sp³-hybridized carbons (Fsp3) is 0.545. The normalized spacial score (nSPS) is 10.9. The lowest BCUT2D eigenvalue weighted by Crippen LogP contribution is -2.11. The lowest BCUT2D eigenvalue weighted by Gasteiger charge is -2.04. The van der Waals surface area contributed by atoms with Crippen molar-refractivity contribution in [3.8, 4) is 0 Å². The number of hydrogen-bond acceptors (Lipinski definition) is 2. The highest BCUT2D eigenvalue weighted by molar-refractivity contribution is 5.96. The summed E-state index contributed by atoms with van der Waals surface area (Å²) in [4.78, 5) is 11.5. The average molecular weight is 195 g/mol. The minimum absolute atomic E-state index is 0.0475. The van der Waals surface area contributed by atoms with Crippen LogP contribution >= 0.6 is 0 Å². The number of Topliss-reactive ketones (excluding diaryl/α,β-unsaturated/α-hetero) is 1. The summed E-state index contributed by atoms with van der Waals surface area (Å²) in [6, 6.07) is 1.81. The average Bonchev–Trinajstić information content (AvgIpc) is 2.51. The van der Waals surface area contributed by atoms with Crippen LogP contribution in [0.1, 0.15) is 24.2 Å². The number of carbonyl (C=O) groups excluding carboxylic acids is 1. The number of aryl methyl sites for hydroxylation is 1. The van der Waals surface area contributed by atoms with Gasteiger partial charge in [0.15, 0.2) is 5.78 Å². The van der Waals surface area contributed by atoms with E-state index in [9.17, 15) is 4.79 Å². The highest BCUT2D eigenvalue weighted by atomic mass is 16.5. The van der Waals surface area contributed by atoms with Crippen LogP contribution in [0, 0.1) is 5.92 Å². The number of carbonyl (C=O) groups is 1. The Morgan fingerprint density at radius 1 is 1.57 bits per heavy atom. The number of nitrogens with zero attached hydrogens (tertiary/aromatic N) is 1. The SMILES string of the molecule is CC(C)COCC(=O)c1ccn(C)c1. The van der Waals surface area contributed by atoms with E-state index in [0.717, 1.165) is 5.56 Å². The van der Waals surface area contributed by atoms with Crippen molar-refractivity contribution in [1.29, 1.82) is 0 Å². The molecule has 0 radical (unpaired) electrons. The summed E-state index contributed by atoms with van der Waals surface area (Å²) in [5, 5.41) is 0. The molecule has 0 unspecified atom stereocenters. The highest BCUT2D eigenvalue weighted by Gasteiger charge is 2.07. The number of rotatable bonds is 5. The first kappa shape index (κ1) is 11.0. The number of aromatic nitrogens is 1. The Kier molecular flexibility index (Phi) is 3.89. The van der Waals surface area contributed by atoms with Gasteiger partial charge in [-0.3, -0.25) is 4.79 Å². The van der Waals surface area contributed by atoms with E-state index in [4.69, 9.17) is 4.74 Å². The quantitative estimate of drug-likeness (QED) is 0.672. The Hall–Kier alpha value is -1.09. The summed E-state index contributed by atoms with van der Waals surface area (Å²) in [5.41, 5.74) is 0.719. The highest BCUT2D eigenvalue weighted by Crippen LogP contribution is 2.02. The standard InChI is InChI=1S/C11H17NO2/c1-9(2)7-14-8-11(13)10-4-5-12(3)6-10/h4-6,9H,7-8H2,1-3H3. The fourth-order valence-electron chi connectivity index (χ4n) is 1.14. The molecule has 78 valence electrons. The number of ether oxygens (including phenoxy) is 1. The summed E-state index contributed by atoms with van der Waals surface area (Å²) in [6.07, 6.45) is 3.66. The molecule has 0 bridgehead atoms. The number of hydrogen-bond donors (Lipinski definition) is 0. The van der Waals surface area contributed by atoms with E-state index in [2.05, 4.69) is 13.8 Å². The monoisotopic (exact) mass is 195 g/mol. The van der Waals surface area contributed by atoms with Gasteiger partial charge in [0.1, 0.15) is 6.61 Å². The molecule has 1 rings (SSSR count). The molecule has 14 heavy (non-hydrogen) atoms. The van der Waals surface area contributed by atoms with Gasteiger partial charge in [-0.15, -0.1) is 0 Å². The third kappa shape index (κ3) is 3.34. The Morgan fingerprint density at radius 3 is 2.79 bits per heavy atom. The molecule has 0 saturated carbocycles. The predicted molar refractivity (Wildman–Crippen MR) is 55.4 cm³/mol. The first-order chi connectivity index (χ1) is 6.59. The van der Waals surface area contributed by atoms with Crippen molar-refractivity contribution >= 4 is 5.78 Å². The van der Waals surface area contributed by atoms with Gasteiger partial charge >= 0.3 is 0 Å². The van der Waals surface area contributed by atoms with Crippen LogP contribution in [0.15, 0.2) is 18.5 Å². The second-order valence-corrected chi connectivity index (χ2v) is 3.90. The molecule has 3 heteroatoms. The van der Waals surface area contributed by atoms with Crippen molar-refractivity contribution in [3.63, 3.8) is 0 Å². The molecule has 0 aliphatic carbocycles. The molecule has 0 spiro atoms. The summed E-state index contributed by atoms with van der Waals surface area (Å²) in [6.45, 7) is 4.95. The van der Waals surface area contributed by atoms with E-state index >= 15 is 0 Å². The zero-order chi connectivity index (χ0) is 10.6. The van der Waals surface area contributed by atoms with Gasteiger partial charge < -0.3 is 9.30 Å². The summed E-state index contributed by atoms with van der Waals surface area (Å²) >= 11 is 0. The molecular weight excluding hydrogens is 178 g/mol. The molecule has 0 saturated heterocycles. The van der Waals surface area contributed by atoms with E-state index in [0.29, 0.717) is 12.5 Å². The second kappa shape index (κ2) is 4.96. The van der Waals surface area contributed by atoms with Crippen LogP contribution in [-0.4, -0.2) is 23.6 Å². The third-order valence-electron chi connectivity index (χ3n) is 1.84. The largest absolute Gasteiger partial charge is 0.373 e. The molecule has 0 aliphatic heterocycles. The van der Waals surface area contributed by atoms with Gasteiger partial charge in [0, 0.05) is 31.6 Å². The lowest BCUT2D eigenvalue weighted by atomic mass is 10.2. The Labute approximate surface area is 84.7 Å². The van der Waals surface area contributed by atoms with Crippen LogP contribution in [0.25, 0.3) is 0 Å². The van der Waals surface area contributed by atoms with Crippen LogP contribution in [0.2, 0.25) is 0 Å². The van der Waals surface area contributed by atoms with E-state index < -0.39 is 0 Å². The predicted octanol–water partition coefficient (Wildman–Crippen LogP) is 1.88. The van der Waals surface area contributed by atoms with E-state index in [1.165, 1.54) is 0 Å². The third-order valence-corrected chi connectivity index (χ3v) is 1.84. The molecule has 0 amide bonds. The van der Waals surface area contributed by atoms with Gasteiger partial charge in [0.2, 0.25) is 0 Å². The minimum Gasteiger partial charge on any atom is -0.373 e. The molecule has 3 nitrogen and oxygen atoms in total. The van der Waals surface area contributed by atoms with Crippen LogP contribution < -0.4 is 0 Å². The second-order valence-electron chi connectivity index (χ2n) is 3.90. The molecule has 1 aromatic rings. The van der Waals surface area contributed by atoms with Crippen molar-refractivity contribution in [2.45, 2.75) is 13.8 Å². The van der Waals surface area contributed by atoms with Crippen LogP contribution in [0.3, 0.4) is 0 Å². The molecular formula is C11H17NO2. The van der Waals surface area contributed by atoms with Gasteiger partial charge in [0.05, 0.1) is 0 Å². The summed E-state index contributed by atoms with van der Waals surface area (Å²) in [5.74, 6) is 0.518. The lowest BCUT2D eigenvalue weighted by molar-refractivity contribution is 0.0705. The van der Waals surface area contributed by atoms with Crippen molar-refractivity contribution in [2.75, 3.05) is 13.2 Å². The van der Waals surface area contributed by atoms with Crippen LogP contribution in [0.4, 0.5) is 0 Å². The van der Waals surface area contributed by atoms with Crippen molar-refractivity contribution in [3.05, 3.63) is 24.0 Å². The maximum absolute atomic E-state index is 11.5. The zero-order valence-electron chi connectivity index (χ0n) is 8.99. The van der Waals surface area contributed by atoms with Crippen molar-refractivity contribution < 1.29 is 9.53 Å². The van der Waals surface area contributed by atoms with Gasteiger partial charge in [-0.1, -0.05) is 13.8 Å². The van der Waals surface area contributed by atoms with E-state index in [-0.39, 0.29) is 12.4 Å². The Bertz CT molecular complexity index is 302. The molecule has 0 atom stereocenters. The first-order valence-corrected chi connectivity index (χ1v) is 4.82. The van der Waals surface area contributed by atoms with Gasteiger partial charge in [0.25, 0.3) is 0 Å². The minimum atomic E-state index is 0.0475. The van der Waals surface area contributed by atoms with E-state index in [1.807, 2.05) is 17.8 Å². The molecule has 0 fully saturated rings. The molecule has 0 aliphatic rings. The summed E-state index contributed by atoms with van der Waals surface area (Å²) < 4.78 is 7.12. The molecule has 1 aromatic heterocycles. The van der Waals surface area contributed by atoms with Crippen molar-refractivity contribution in [2.24, 2.45) is 13.0 Å². The molecule has 0 aromatic carbocycles. The summed E-state index contributed by atoms with van der Waals surface area (Å²) in [7, 11) is 1.89. The van der Waals surface area contributed by atoms with E-state index in [1.54, 1.807) is 12.3 Å². The maximum atomic E-state index is 11.5. The molecule has 1 heterocycles. The zero-order valence-corrected chi connectivity index (χ0v) is 8.99. The Balaban J connectivity index is 2.36. The topological polar surface area (TPSA) is 31.2 Å². The smallest absolute Gasteiger partial charge is 0.189 e. The van der Waals surface area contributed by atoms with Gasteiger partial charge in [-0.25, -0.2) is 0 Å². The van der Waals surface area contributed by atoms with Gasteiger partial charge in [-0.2, -0.15) is 0 Å². The molecule has 0 N–H and O–H groups in total. The number of ketones is 1.